The molecular weight excluding hydrogens is 354 g/mol. The summed E-state index contributed by atoms with van der Waals surface area (Å²) >= 11 is 5.70. The summed E-state index contributed by atoms with van der Waals surface area (Å²) in [4.78, 5) is 0.592. The minimum Gasteiger partial charge on any atom is -0.497 e. The van der Waals surface area contributed by atoms with Crippen LogP contribution in [0.15, 0.2) is 79.4 Å². The zero-order chi connectivity index (χ0) is 19.2. The molecule has 0 aliphatic heterocycles. The van der Waals surface area contributed by atoms with Crippen LogP contribution >= 0.6 is 12.2 Å². The molecule has 3 aromatic rings. The predicted octanol–water partition coefficient (Wildman–Crippen LogP) is 5.55. The van der Waals surface area contributed by atoms with Crippen molar-refractivity contribution in [3.8, 4) is 11.5 Å². The van der Waals surface area contributed by atoms with Gasteiger partial charge in [-0.2, -0.15) is 0 Å². The first-order valence-electron chi connectivity index (χ1n) is 8.51. The van der Waals surface area contributed by atoms with Gasteiger partial charge in [-0.3, -0.25) is 0 Å². The van der Waals surface area contributed by atoms with Crippen LogP contribution in [0.25, 0.3) is 5.57 Å². The Morgan fingerprint density at radius 2 is 1.56 bits per heavy atom. The fourth-order valence-electron chi connectivity index (χ4n) is 2.83. The van der Waals surface area contributed by atoms with Gasteiger partial charge < -0.3 is 14.8 Å². The third-order valence-corrected chi connectivity index (χ3v) is 4.60. The highest BCUT2D eigenvalue weighted by Gasteiger charge is 2.14. The molecule has 0 radical (unpaired) electrons. The number of rotatable bonds is 6. The maximum atomic E-state index is 5.70. The minimum atomic E-state index is 0.592. The average molecular weight is 375 g/mol. The van der Waals surface area contributed by atoms with Crippen LogP contribution in [0, 0.1) is 0 Å². The number of hydrogen-bond acceptors (Lipinski definition) is 3. The van der Waals surface area contributed by atoms with Gasteiger partial charge in [0.1, 0.15) is 16.5 Å². The number of methoxy groups -OCH3 is 2. The van der Waals surface area contributed by atoms with E-state index in [1.807, 2.05) is 72.8 Å². The predicted molar refractivity (Wildman–Crippen MR) is 116 cm³/mol. The van der Waals surface area contributed by atoms with Gasteiger partial charge in [0.2, 0.25) is 0 Å². The summed E-state index contributed by atoms with van der Waals surface area (Å²) in [5.41, 5.74) is 4.54. The lowest BCUT2D eigenvalue weighted by atomic mass is 9.94. The molecule has 0 fully saturated rings. The van der Waals surface area contributed by atoms with Crippen molar-refractivity contribution >= 4 is 28.5 Å². The van der Waals surface area contributed by atoms with Crippen LogP contribution in [0.1, 0.15) is 16.7 Å². The standard InChI is InChI=1S/C23H21NO2S/c1-16(17-9-5-4-6-10-17)20-15-18(25-2)13-14-19(20)23(27)24-21-11-7-8-12-22(21)26-3/h4-15H,1H2,2-3H3,(H,24,27). The van der Waals surface area contributed by atoms with E-state index in [0.29, 0.717) is 4.99 Å². The molecule has 0 heterocycles. The summed E-state index contributed by atoms with van der Waals surface area (Å²) in [6.45, 7) is 4.29. The van der Waals surface area contributed by atoms with Crippen LogP contribution in [0.3, 0.4) is 0 Å². The fraction of sp³-hybridized carbons (Fsp3) is 0.0870. The molecule has 0 amide bonds. The average Bonchev–Trinajstić information content (AvgIpc) is 2.73. The molecule has 0 spiro atoms. The highest BCUT2D eigenvalue weighted by molar-refractivity contribution is 7.81. The van der Waals surface area contributed by atoms with Gasteiger partial charge in [-0.25, -0.2) is 0 Å². The Kier molecular flexibility index (Phi) is 5.89. The van der Waals surface area contributed by atoms with Crippen molar-refractivity contribution in [3.63, 3.8) is 0 Å². The third-order valence-electron chi connectivity index (χ3n) is 4.27. The van der Waals surface area contributed by atoms with Crippen molar-refractivity contribution in [3.05, 3.63) is 96.1 Å². The number of ether oxygens (including phenoxy) is 2. The highest BCUT2D eigenvalue weighted by Crippen LogP contribution is 2.30. The molecule has 27 heavy (non-hydrogen) atoms. The lowest BCUT2D eigenvalue weighted by Crippen LogP contribution is -2.13. The highest BCUT2D eigenvalue weighted by atomic mass is 32.1. The topological polar surface area (TPSA) is 30.5 Å². The summed E-state index contributed by atoms with van der Waals surface area (Å²) in [5, 5.41) is 3.29. The second kappa shape index (κ2) is 8.52. The van der Waals surface area contributed by atoms with E-state index in [2.05, 4.69) is 11.9 Å². The zero-order valence-electron chi connectivity index (χ0n) is 15.4. The zero-order valence-corrected chi connectivity index (χ0v) is 16.2. The van der Waals surface area contributed by atoms with Gasteiger partial charge in [-0.1, -0.05) is 61.3 Å². The van der Waals surface area contributed by atoms with Crippen LogP contribution in [0.2, 0.25) is 0 Å². The van der Waals surface area contributed by atoms with Crippen molar-refractivity contribution in [1.82, 2.24) is 0 Å². The monoisotopic (exact) mass is 375 g/mol. The lowest BCUT2D eigenvalue weighted by molar-refractivity contribution is 0.414. The van der Waals surface area contributed by atoms with Gasteiger partial charge in [0.15, 0.2) is 0 Å². The fourth-order valence-corrected chi connectivity index (χ4v) is 3.12. The SMILES string of the molecule is C=C(c1ccccc1)c1cc(OC)ccc1C(=S)Nc1ccccc1OC. The molecular formula is C23H21NO2S. The molecule has 3 rings (SSSR count). The Morgan fingerprint density at radius 3 is 2.26 bits per heavy atom. The molecule has 3 nitrogen and oxygen atoms in total. The molecule has 0 aliphatic carbocycles. The van der Waals surface area contributed by atoms with Gasteiger partial charge in [0.25, 0.3) is 0 Å². The Hall–Kier alpha value is -3.11. The maximum absolute atomic E-state index is 5.70. The molecule has 0 saturated carbocycles. The number of hydrogen-bond donors (Lipinski definition) is 1. The van der Waals surface area contributed by atoms with Crippen LogP contribution < -0.4 is 14.8 Å². The van der Waals surface area contributed by atoms with E-state index >= 15 is 0 Å². The van der Waals surface area contributed by atoms with Crippen LogP contribution in [-0.4, -0.2) is 19.2 Å². The number of thiocarbonyl (C=S) groups is 1. The van der Waals surface area contributed by atoms with Gasteiger partial charge in [-0.15, -0.1) is 0 Å². The minimum absolute atomic E-state index is 0.592. The Morgan fingerprint density at radius 1 is 0.852 bits per heavy atom. The van der Waals surface area contributed by atoms with Crippen LogP contribution in [0.5, 0.6) is 11.5 Å². The molecule has 0 unspecified atom stereocenters. The van der Waals surface area contributed by atoms with E-state index in [-0.39, 0.29) is 0 Å². The molecule has 0 aromatic heterocycles. The first kappa shape index (κ1) is 18.7. The van der Waals surface area contributed by atoms with Crippen molar-refractivity contribution in [1.29, 1.82) is 0 Å². The number of anilines is 1. The van der Waals surface area contributed by atoms with Gasteiger partial charge in [-0.05, 0) is 47.0 Å². The molecule has 0 saturated heterocycles. The lowest BCUT2D eigenvalue weighted by Gasteiger charge is -2.17. The molecule has 3 aromatic carbocycles. The van der Waals surface area contributed by atoms with E-state index in [0.717, 1.165) is 39.4 Å². The van der Waals surface area contributed by atoms with Gasteiger partial charge >= 0.3 is 0 Å². The molecule has 136 valence electrons. The second-order valence-electron chi connectivity index (χ2n) is 5.91. The van der Waals surface area contributed by atoms with E-state index in [9.17, 15) is 0 Å². The molecule has 4 heteroatoms. The number of benzene rings is 3. The van der Waals surface area contributed by atoms with Crippen molar-refractivity contribution < 1.29 is 9.47 Å². The van der Waals surface area contributed by atoms with Gasteiger partial charge in [0.05, 0.1) is 19.9 Å². The number of para-hydroxylation sites is 2. The largest absolute Gasteiger partial charge is 0.497 e. The first-order chi connectivity index (χ1) is 13.1. The molecule has 0 bridgehead atoms. The summed E-state index contributed by atoms with van der Waals surface area (Å²) in [6.07, 6.45) is 0. The molecule has 1 N–H and O–H groups in total. The van der Waals surface area contributed by atoms with E-state index in [4.69, 9.17) is 21.7 Å². The molecule has 0 aliphatic rings. The summed E-state index contributed by atoms with van der Waals surface area (Å²) in [6, 6.07) is 23.5. The quantitative estimate of drug-likeness (QED) is 0.572. The molecule has 0 atom stereocenters. The smallest absolute Gasteiger partial charge is 0.142 e. The number of nitrogens with one attached hydrogen (secondary N) is 1. The van der Waals surface area contributed by atoms with Crippen molar-refractivity contribution in [2.75, 3.05) is 19.5 Å². The van der Waals surface area contributed by atoms with Crippen LogP contribution in [0.4, 0.5) is 5.69 Å². The normalized spacial score (nSPS) is 10.1. The summed E-state index contributed by atoms with van der Waals surface area (Å²) < 4.78 is 10.8. The summed E-state index contributed by atoms with van der Waals surface area (Å²) in [5.74, 6) is 1.49. The summed E-state index contributed by atoms with van der Waals surface area (Å²) in [7, 11) is 3.29. The van der Waals surface area contributed by atoms with Crippen molar-refractivity contribution in [2.24, 2.45) is 0 Å². The second-order valence-corrected chi connectivity index (χ2v) is 6.32. The van der Waals surface area contributed by atoms with Crippen molar-refractivity contribution in [2.45, 2.75) is 0 Å². The van der Waals surface area contributed by atoms with E-state index in [1.54, 1.807) is 14.2 Å². The first-order valence-corrected chi connectivity index (χ1v) is 8.92. The Bertz CT molecular complexity index is 967. The third kappa shape index (κ3) is 4.18. The Balaban J connectivity index is 1.99. The van der Waals surface area contributed by atoms with Gasteiger partial charge in [0, 0.05) is 5.56 Å². The Labute approximate surface area is 165 Å². The van der Waals surface area contributed by atoms with E-state index in [1.165, 1.54) is 0 Å². The van der Waals surface area contributed by atoms with E-state index < -0.39 is 0 Å². The van der Waals surface area contributed by atoms with Crippen LogP contribution in [-0.2, 0) is 0 Å². The maximum Gasteiger partial charge on any atom is 0.142 e.